The van der Waals surface area contributed by atoms with Gasteiger partial charge >= 0.3 is 0 Å². The molecule has 0 saturated heterocycles. The van der Waals surface area contributed by atoms with Gasteiger partial charge < -0.3 is 10.6 Å². The SMILES string of the molecule is CN=C(NCc1ccc(S(=O)(=O)N(C)C(C)C)cc1)NCc1cccs1.I. The van der Waals surface area contributed by atoms with Gasteiger partial charge in [0.05, 0.1) is 11.4 Å². The Morgan fingerprint density at radius 2 is 1.78 bits per heavy atom. The van der Waals surface area contributed by atoms with Gasteiger partial charge in [0.2, 0.25) is 10.0 Å². The fraction of sp³-hybridized carbons (Fsp3) is 0.389. The normalized spacial score (nSPS) is 12.1. The third kappa shape index (κ3) is 6.74. The lowest BCUT2D eigenvalue weighted by Crippen LogP contribution is -2.36. The molecule has 0 amide bonds. The predicted octanol–water partition coefficient (Wildman–Crippen LogP) is 3.26. The first-order chi connectivity index (χ1) is 12.3. The summed E-state index contributed by atoms with van der Waals surface area (Å²) < 4.78 is 26.3. The Balaban J connectivity index is 0.00000364. The Bertz CT molecular complexity index is 820. The quantitative estimate of drug-likeness (QED) is 0.333. The Hall–Kier alpha value is -1.17. The molecular weight excluding hydrogens is 495 g/mol. The maximum absolute atomic E-state index is 12.5. The van der Waals surface area contributed by atoms with Crippen molar-refractivity contribution in [3.63, 3.8) is 0 Å². The lowest BCUT2D eigenvalue weighted by molar-refractivity contribution is 0.410. The van der Waals surface area contributed by atoms with Crippen LogP contribution in [-0.4, -0.2) is 38.8 Å². The molecule has 1 aromatic carbocycles. The maximum Gasteiger partial charge on any atom is 0.243 e. The van der Waals surface area contributed by atoms with Gasteiger partial charge in [-0.2, -0.15) is 4.31 Å². The lowest BCUT2D eigenvalue weighted by atomic mass is 10.2. The second kappa shape index (κ2) is 11.0. The van der Waals surface area contributed by atoms with Crippen LogP contribution in [0.25, 0.3) is 0 Å². The van der Waals surface area contributed by atoms with E-state index in [1.54, 1.807) is 37.6 Å². The highest BCUT2D eigenvalue weighted by Crippen LogP contribution is 2.17. The largest absolute Gasteiger partial charge is 0.352 e. The van der Waals surface area contributed by atoms with Gasteiger partial charge in [0.25, 0.3) is 0 Å². The van der Waals surface area contributed by atoms with Crippen molar-refractivity contribution < 1.29 is 8.42 Å². The summed E-state index contributed by atoms with van der Waals surface area (Å²) in [4.78, 5) is 5.73. The van der Waals surface area contributed by atoms with Crippen LogP contribution in [0.15, 0.2) is 51.7 Å². The van der Waals surface area contributed by atoms with Crippen molar-refractivity contribution in [2.24, 2.45) is 4.99 Å². The van der Waals surface area contributed by atoms with Gasteiger partial charge in [-0.05, 0) is 43.0 Å². The number of nitrogens with zero attached hydrogens (tertiary/aromatic N) is 2. The third-order valence-corrected chi connectivity index (χ3v) is 6.95. The second-order valence-electron chi connectivity index (χ2n) is 6.12. The molecule has 1 aromatic heterocycles. The summed E-state index contributed by atoms with van der Waals surface area (Å²) in [7, 11) is -0.127. The molecule has 1 heterocycles. The van der Waals surface area contributed by atoms with Crippen molar-refractivity contribution in [3.8, 4) is 0 Å². The maximum atomic E-state index is 12.5. The first-order valence-corrected chi connectivity index (χ1v) is 10.7. The number of benzene rings is 1. The average Bonchev–Trinajstić information content (AvgIpc) is 3.15. The number of sulfonamides is 1. The molecule has 0 aliphatic rings. The number of aliphatic imine (C=N–C) groups is 1. The van der Waals surface area contributed by atoms with E-state index in [4.69, 9.17) is 0 Å². The number of halogens is 1. The summed E-state index contributed by atoms with van der Waals surface area (Å²) in [6.07, 6.45) is 0. The minimum atomic E-state index is -3.45. The van der Waals surface area contributed by atoms with Gasteiger partial charge in [0.1, 0.15) is 0 Å². The third-order valence-electron chi connectivity index (χ3n) is 4.02. The highest BCUT2D eigenvalue weighted by molar-refractivity contribution is 14.0. The van der Waals surface area contributed by atoms with Gasteiger partial charge in [0, 0.05) is 31.6 Å². The van der Waals surface area contributed by atoms with Crippen LogP contribution in [0.3, 0.4) is 0 Å². The van der Waals surface area contributed by atoms with Crippen LogP contribution in [0.1, 0.15) is 24.3 Å². The van der Waals surface area contributed by atoms with Crippen LogP contribution in [0.4, 0.5) is 0 Å². The summed E-state index contributed by atoms with van der Waals surface area (Å²) in [5, 5.41) is 8.52. The van der Waals surface area contributed by atoms with Crippen LogP contribution in [0, 0.1) is 0 Å². The molecule has 0 atom stereocenters. The van der Waals surface area contributed by atoms with E-state index in [1.807, 2.05) is 37.4 Å². The van der Waals surface area contributed by atoms with E-state index in [9.17, 15) is 8.42 Å². The molecule has 150 valence electrons. The number of thiophene rings is 1. The molecule has 0 fully saturated rings. The molecule has 0 unspecified atom stereocenters. The summed E-state index contributed by atoms with van der Waals surface area (Å²) in [6, 6.07) is 10.9. The molecule has 0 spiro atoms. The lowest BCUT2D eigenvalue weighted by Gasteiger charge is -2.21. The molecule has 6 nitrogen and oxygen atoms in total. The van der Waals surface area contributed by atoms with Crippen LogP contribution >= 0.6 is 35.3 Å². The predicted molar refractivity (Wildman–Crippen MR) is 123 cm³/mol. The van der Waals surface area contributed by atoms with Crippen molar-refractivity contribution in [1.82, 2.24) is 14.9 Å². The van der Waals surface area contributed by atoms with E-state index in [2.05, 4.69) is 21.7 Å². The molecule has 0 aliphatic carbocycles. The highest BCUT2D eigenvalue weighted by atomic mass is 127. The molecular formula is C18H27IN4O2S2. The summed E-state index contributed by atoms with van der Waals surface area (Å²) in [6.45, 7) is 4.98. The molecule has 0 radical (unpaired) electrons. The monoisotopic (exact) mass is 522 g/mol. The molecule has 0 bridgehead atoms. The fourth-order valence-electron chi connectivity index (χ4n) is 2.21. The van der Waals surface area contributed by atoms with Gasteiger partial charge in [-0.1, -0.05) is 18.2 Å². The van der Waals surface area contributed by atoms with Crippen molar-refractivity contribution >= 4 is 51.3 Å². The standard InChI is InChI=1S/C18H26N4O2S2.HI/c1-14(2)22(4)26(23,24)17-9-7-15(8-10-17)12-20-18(19-3)21-13-16-6-5-11-25-16;/h5-11,14H,12-13H2,1-4H3,(H2,19,20,21);1H. The zero-order valence-corrected chi connectivity index (χ0v) is 19.9. The van der Waals surface area contributed by atoms with Crippen molar-refractivity contribution in [2.75, 3.05) is 14.1 Å². The average molecular weight is 522 g/mol. The summed E-state index contributed by atoms with van der Waals surface area (Å²) >= 11 is 1.69. The first-order valence-electron chi connectivity index (χ1n) is 8.38. The van der Waals surface area contributed by atoms with E-state index in [-0.39, 0.29) is 30.0 Å². The van der Waals surface area contributed by atoms with Crippen molar-refractivity contribution in [1.29, 1.82) is 0 Å². The van der Waals surface area contributed by atoms with Gasteiger partial charge in [-0.15, -0.1) is 35.3 Å². The summed E-state index contributed by atoms with van der Waals surface area (Å²) in [5.74, 6) is 0.703. The molecule has 2 N–H and O–H groups in total. The highest BCUT2D eigenvalue weighted by Gasteiger charge is 2.22. The van der Waals surface area contributed by atoms with Gasteiger partial charge in [-0.3, -0.25) is 4.99 Å². The van der Waals surface area contributed by atoms with E-state index in [0.717, 1.165) is 12.1 Å². The molecule has 27 heavy (non-hydrogen) atoms. The summed E-state index contributed by atoms with van der Waals surface area (Å²) in [5.41, 5.74) is 0.982. The van der Waals surface area contributed by atoms with Crippen LogP contribution in [-0.2, 0) is 23.1 Å². The van der Waals surface area contributed by atoms with E-state index in [0.29, 0.717) is 17.4 Å². The molecule has 2 aromatic rings. The minimum Gasteiger partial charge on any atom is -0.352 e. The number of guanidine groups is 1. The Labute approximate surface area is 183 Å². The molecule has 2 rings (SSSR count). The number of hydrogen-bond acceptors (Lipinski definition) is 4. The van der Waals surface area contributed by atoms with Crippen molar-refractivity contribution in [3.05, 3.63) is 52.2 Å². The molecule has 0 aliphatic heterocycles. The number of rotatable bonds is 7. The van der Waals surface area contributed by atoms with Gasteiger partial charge in [0.15, 0.2) is 5.96 Å². The smallest absolute Gasteiger partial charge is 0.243 e. The van der Waals surface area contributed by atoms with Crippen LogP contribution in [0.5, 0.6) is 0 Å². The fourth-order valence-corrected chi connectivity index (χ4v) is 4.23. The van der Waals surface area contributed by atoms with E-state index in [1.165, 1.54) is 9.18 Å². The zero-order valence-electron chi connectivity index (χ0n) is 16.0. The first kappa shape index (κ1) is 23.9. The minimum absolute atomic E-state index is 0. The molecule has 9 heteroatoms. The topological polar surface area (TPSA) is 73.8 Å². The molecule has 0 saturated carbocycles. The van der Waals surface area contributed by atoms with Crippen LogP contribution in [0.2, 0.25) is 0 Å². The van der Waals surface area contributed by atoms with Crippen LogP contribution < -0.4 is 10.6 Å². The Morgan fingerprint density at radius 3 is 2.30 bits per heavy atom. The number of nitrogens with one attached hydrogen (secondary N) is 2. The van der Waals surface area contributed by atoms with Gasteiger partial charge in [-0.25, -0.2) is 8.42 Å². The Morgan fingerprint density at radius 1 is 1.15 bits per heavy atom. The Kier molecular flexibility index (Phi) is 9.71. The number of hydrogen-bond donors (Lipinski definition) is 2. The second-order valence-corrected chi connectivity index (χ2v) is 9.15. The van der Waals surface area contributed by atoms with E-state index >= 15 is 0 Å². The van der Waals surface area contributed by atoms with Crippen molar-refractivity contribution in [2.45, 2.75) is 37.9 Å². The van der Waals surface area contributed by atoms with E-state index < -0.39 is 10.0 Å². The zero-order chi connectivity index (χ0) is 19.2.